The number of hydrogen-bond donors (Lipinski definition) is 1. The second-order valence-corrected chi connectivity index (χ2v) is 10.3. The van der Waals surface area contributed by atoms with E-state index in [2.05, 4.69) is 0 Å². The zero-order valence-corrected chi connectivity index (χ0v) is 17.8. The lowest BCUT2D eigenvalue weighted by Gasteiger charge is -2.30. The maximum atomic E-state index is 13.0. The van der Waals surface area contributed by atoms with Crippen molar-refractivity contribution in [2.75, 3.05) is 11.5 Å². The lowest BCUT2D eigenvalue weighted by atomic mass is 9.94. The largest absolute Gasteiger partial charge is 0.507 e. The minimum Gasteiger partial charge on any atom is -0.507 e. The van der Waals surface area contributed by atoms with Gasteiger partial charge in [-0.1, -0.05) is 53.6 Å². The molecule has 0 aromatic heterocycles. The van der Waals surface area contributed by atoms with E-state index in [1.54, 1.807) is 48.5 Å². The summed E-state index contributed by atoms with van der Waals surface area (Å²) < 4.78 is 24.1. The molecule has 2 saturated heterocycles. The highest BCUT2D eigenvalue weighted by Gasteiger charge is 2.50. The number of aliphatic hydroxyl groups excluding tert-OH is 1. The molecule has 2 fully saturated rings. The van der Waals surface area contributed by atoms with Gasteiger partial charge in [0.25, 0.3) is 11.7 Å². The number of hydrogen-bond acceptors (Lipinski definition) is 5. The molecule has 0 unspecified atom stereocenters. The Kier molecular flexibility index (Phi) is 5.20. The van der Waals surface area contributed by atoms with Crippen LogP contribution < -0.4 is 0 Å². The van der Waals surface area contributed by atoms with Gasteiger partial charge in [0.2, 0.25) is 0 Å². The lowest BCUT2D eigenvalue weighted by Crippen LogP contribution is -2.40. The first kappa shape index (κ1) is 20.6. The number of amides is 1. The number of nitrogens with zero attached hydrogens (tertiary/aromatic N) is 1. The number of carbonyl (C=O) groups excluding carboxylic acids is 2. The number of carbonyl (C=O) groups is 2. The maximum Gasteiger partial charge on any atom is 0.295 e. The smallest absolute Gasteiger partial charge is 0.295 e. The summed E-state index contributed by atoms with van der Waals surface area (Å²) in [5.41, 5.74) is 1.93. The van der Waals surface area contributed by atoms with Gasteiger partial charge in [0.1, 0.15) is 5.76 Å². The molecule has 4 rings (SSSR count). The molecule has 2 aromatic carbocycles. The van der Waals surface area contributed by atoms with Crippen molar-refractivity contribution in [3.8, 4) is 0 Å². The van der Waals surface area contributed by atoms with Crippen molar-refractivity contribution in [3.05, 3.63) is 75.8 Å². The fourth-order valence-electron chi connectivity index (χ4n) is 4.06. The normalized spacial score (nSPS) is 25.1. The van der Waals surface area contributed by atoms with Gasteiger partial charge in [-0.05, 0) is 31.0 Å². The first-order valence-corrected chi connectivity index (χ1v) is 11.7. The van der Waals surface area contributed by atoms with Gasteiger partial charge in [-0.2, -0.15) is 0 Å². The van der Waals surface area contributed by atoms with Gasteiger partial charge in [0, 0.05) is 16.6 Å². The third-order valence-electron chi connectivity index (χ3n) is 5.59. The molecular formula is C22H20ClNO5S. The fraction of sp³-hybridized carbons (Fsp3) is 0.273. The summed E-state index contributed by atoms with van der Waals surface area (Å²) in [7, 11) is -3.29. The van der Waals surface area contributed by atoms with Crippen LogP contribution in [0.25, 0.3) is 5.76 Å². The number of halogens is 1. The minimum absolute atomic E-state index is 0.0357. The van der Waals surface area contributed by atoms with E-state index in [1.807, 2.05) is 6.92 Å². The molecule has 8 heteroatoms. The summed E-state index contributed by atoms with van der Waals surface area (Å²) >= 11 is 6.00. The third-order valence-corrected chi connectivity index (χ3v) is 7.59. The number of ketones is 1. The van der Waals surface area contributed by atoms with Crippen LogP contribution in [0.4, 0.5) is 0 Å². The van der Waals surface area contributed by atoms with Crippen LogP contribution in [-0.2, 0) is 19.4 Å². The van der Waals surface area contributed by atoms with Crippen LogP contribution in [0.5, 0.6) is 0 Å². The number of aryl methyl sites for hydroxylation is 1. The number of sulfone groups is 1. The summed E-state index contributed by atoms with van der Waals surface area (Å²) in [6.45, 7) is 1.90. The van der Waals surface area contributed by atoms with Gasteiger partial charge >= 0.3 is 0 Å². The number of rotatable bonds is 3. The molecule has 1 N–H and O–H groups in total. The van der Waals surface area contributed by atoms with Crippen molar-refractivity contribution in [1.82, 2.24) is 4.90 Å². The van der Waals surface area contributed by atoms with E-state index in [0.717, 1.165) is 5.56 Å². The van der Waals surface area contributed by atoms with Crippen molar-refractivity contribution in [3.63, 3.8) is 0 Å². The molecule has 30 heavy (non-hydrogen) atoms. The van der Waals surface area contributed by atoms with E-state index in [9.17, 15) is 23.1 Å². The van der Waals surface area contributed by atoms with Crippen LogP contribution in [0, 0.1) is 6.92 Å². The van der Waals surface area contributed by atoms with Crippen LogP contribution in [0.3, 0.4) is 0 Å². The zero-order chi connectivity index (χ0) is 21.6. The molecular weight excluding hydrogens is 426 g/mol. The van der Waals surface area contributed by atoms with Gasteiger partial charge in [-0.25, -0.2) is 8.42 Å². The summed E-state index contributed by atoms with van der Waals surface area (Å²) in [5.74, 6) is -2.14. The average molecular weight is 446 g/mol. The Morgan fingerprint density at radius 2 is 1.70 bits per heavy atom. The SMILES string of the molecule is Cc1ccc(C(O)=C2C(=O)C(=O)N([C@@H]3CCS(=O)(=O)C3)[C@H]2c2ccc(Cl)cc2)cc1. The Labute approximate surface area is 179 Å². The summed E-state index contributed by atoms with van der Waals surface area (Å²) in [4.78, 5) is 27.3. The van der Waals surface area contributed by atoms with E-state index < -0.39 is 33.6 Å². The maximum absolute atomic E-state index is 13.0. The molecule has 0 radical (unpaired) electrons. The van der Waals surface area contributed by atoms with Gasteiger partial charge in [-0.15, -0.1) is 0 Å². The monoisotopic (exact) mass is 445 g/mol. The minimum atomic E-state index is -3.29. The quantitative estimate of drug-likeness (QED) is 0.444. The molecule has 0 aliphatic carbocycles. The lowest BCUT2D eigenvalue weighted by molar-refractivity contribution is -0.141. The molecule has 0 bridgehead atoms. The molecule has 2 heterocycles. The van der Waals surface area contributed by atoms with Gasteiger partial charge in [0.15, 0.2) is 9.84 Å². The van der Waals surface area contributed by atoms with Crippen molar-refractivity contribution in [1.29, 1.82) is 0 Å². The molecule has 0 spiro atoms. The van der Waals surface area contributed by atoms with E-state index in [0.29, 0.717) is 16.1 Å². The average Bonchev–Trinajstić information content (AvgIpc) is 3.19. The molecule has 2 aromatic rings. The van der Waals surface area contributed by atoms with Crippen molar-refractivity contribution in [2.45, 2.75) is 25.4 Å². The second-order valence-electron chi connectivity index (χ2n) is 7.68. The molecule has 156 valence electrons. The fourth-order valence-corrected chi connectivity index (χ4v) is 5.90. The topological polar surface area (TPSA) is 91.8 Å². The Morgan fingerprint density at radius 1 is 1.07 bits per heavy atom. The van der Waals surface area contributed by atoms with Gasteiger partial charge < -0.3 is 10.0 Å². The second kappa shape index (κ2) is 7.56. The van der Waals surface area contributed by atoms with Crippen molar-refractivity contribution >= 4 is 38.9 Å². The molecule has 2 aliphatic heterocycles. The van der Waals surface area contributed by atoms with Gasteiger partial charge in [0.05, 0.1) is 23.1 Å². The molecule has 2 atom stereocenters. The van der Waals surface area contributed by atoms with Crippen LogP contribution in [-0.4, -0.2) is 47.7 Å². The molecule has 1 amide bonds. The van der Waals surface area contributed by atoms with Crippen molar-refractivity contribution in [2.24, 2.45) is 0 Å². The Morgan fingerprint density at radius 3 is 2.27 bits per heavy atom. The van der Waals surface area contributed by atoms with E-state index in [1.165, 1.54) is 4.90 Å². The van der Waals surface area contributed by atoms with Crippen LogP contribution in [0.1, 0.15) is 29.2 Å². The Bertz CT molecular complexity index is 1150. The molecule has 6 nitrogen and oxygen atoms in total. The highest BCUT2D eigenvalue weighted by atomic mass is 35.5. The van der Waals surface area contributed by atoms with Crippen LogP contribution in [0.2, 0.25) is 5.02 Å². The standard InChI is InChI=1S/C22H20ClNO5S/c1-13-2-4-15(5-3-13)20(25)18-19(14-6-8-16(23)9-7-14)24(22(27)21(18)26)17-10-11-30(28,29)12-17/h2-9,17,19,25H,10-12H2,1H3/t17-,19+/m1/s1. The summed E-state index contributed by atoms with van der Waals surface area (Å²) in [6.07, 6.45) is 0.254. The zero-order valence-electron chi connectivity index (χ0n) is 16.2. The number of Topliss-reactive ketones (excluding diaryl/α,β-unsaturated/α-hetero) is 1. The highest BCUT2D eigenvalue weighted by Crippen LogP contribution is 2.42. The van der Waals surface area contributed by atoms with E-state index in [-0.39, 0.29) is 29.3 Å². The molecule has 2 aliphatic rings. The summed E-state index contributed by atoms with van der Waals surface area (Å²) in [6, 6.07) is 12.1. The highest BCUT2D eigenvalue weighted by molar-refractivity contribution is 7.91. The predicted octanol–water partition coefficient (Wildman–Crippen LogP) is 3.26. The first-order valence-electron chi connectivity index (χ1n) is 9.51. The van der Waals surface area contributed by atoms with E-state index in [4.69, 9.17) is 11.6 Å². The summed E-state index contributed by atoms with van der Waals surface area (Å²) in [5, 5.41) is 11.5. The van der Waals surface area contributed by atoms with Crippen molar-refractivity contribution < 1.29 is 23.1 Å². The number of benzene rings is 2. The predicted molar refractivity (Wildman–Crippen MR) is 114 cm³/mol. The Balaban J connectivity index is 1.88. The van der Waals surface area contributed by atoms with Crippen LogP contribution in [0.15, 0.2) is 54.1 Å². The number of aliphatic hydroxyl groups is 1. The first-order chi connectivity index (χ1) is 14.2. The number of likely N-dealkylation sites (tertiary alicyclic amines) is 1. The van der Waals surface area contributed by atoms with E-state index >= 15 is 0 Å². The Hall–Kier alpha value is -2.64. The molecule has 0 saturated carbocycles. The van der Waals surface area contributed by atoms with Crippen LogP contribution >= 0.6 is 11.6 Å². The van der Waals surface area contributed by atoms with Gasteiger partial charge in [-0.3, -0.25) is 9.59 Å². The third kappa shape index (κ3) is 3.63.